The number of amides is 2. The average molecular weight is 448 g/mol. The lowest BCUT2D eigenvalue weighted by Crippen LogP contribution is -2.35. The van der Waals surface area contributed by atoms with Gasteiger partial charge in [-0.1, -0.05) is 43.1 Å². The molecule has 0 atom stereocenters. The van der Waals surface area contributed by atoms with Gasteiger partial charge in [-0.3, -0.25) is 14.3 Å². The Morgan fingerprint density at radius 2 is 1.87 bits per heavy atom. The number of aryl methyl sites for hydroxylation is 2. The van der Waals surface area contributed by atoms with Gasteiger partial charge in [0.1, 0.15) is 0 Å². The van der Waals surface area contributed by atoms with Crippen LogP contribution < -0.4 is 5.32 Å². The van der Waals surface area contributed by atoms with Crippen LogP contribution in [0.4, 0.5) is 5.69 Å². The van der Waals surface area contributed by atoms with Gasteiger partial charge in [0.15, 0.2) is 5.65 Å². The largest absolute Gasteiger partial charge is 0.332 e. The number of carbonyl (C=O) groups excluding carboxylic acids is 2. The Kier molecular flexibility index (Phi) is 6.33. The van der Waals surface area contributed by atoms with E-state index in [-0.39, 0.29) is 18.4 Å². The Hall–Kier alpha value is -2.64. The molecular formula is C21H23Cl2N5O2. The number of hydrogen-bond donors (Lipinski definition) is 1. The van der Waals surface area contributed by atoms with Crippen LogP contribution in [0.3, 0.4) is 0 Å². The molecule has 2 amide bonds. The highest BCUT2D eigenvalue weighted by Crippen LogP contribution is 2.30. The van der Waals surface area contributed by atoms with Crippen molar-refractivity contribution in [1.82, 2.24) is 19.7 Å². The zero-order chi connectivity index (χ0) is 22.2. The number of rotatable bonds is 5. The van der Waals surface area contributed by atoms with Gasteiger partial charge in [0, 0.05) is 19.8 Å². The molecule has 0 unspecified atom stereocenters. The summed E-state index contributed by atoms with van der Waals surface area (Å²) in [4.78, 5) is 31.8. The van der Waals surface area contributed by atoms with Gasteiger partial charge in [-0.05, 0) is 31.0 Å². The Bertz CT molecular complexity index is 1120. The van der Waals surface area contributed by atoms with Crippen LogP contribution in [0.15, 0.2) is 24.3 Å². The third-order valence-corrected chi connectivity index (χ3v) is 5.40. The quantitative estimate of drug-likeness (QED) is 0.627. The first-order valence-corrected chi connectivity index (χ1v) is 10.2. The summed E-state index contributed by atoms with van der Waals surface area (Å²) in [6.07, 6.45) is 0. The minimum absolute atomic E-state index is 0.132. The summed E-state index contributed by atoms with van der Waals surface area (Å²) >= 11 is 12.2. The number of halogens is 2. The maximum absolute atomic E-state index is 13.2. The molecule has 3 rings (SSSR count). The van der Waals surface area contributed by atoms with Crippen LogP contribution in [0.1, 0.15) is 41.5 Å². The molecule has 1 N–H and O–H groups in total. The lowest BCUT2D eigenvalue weighted by atomic mass is 10.0. The molecule has 0 saturated carbocycles. The summed E-state index contributed by atoms with van der Waals surface area (Å²) < 4.78 is 1.67. The highest BCUT2D eigenvalue weighted by molar-refractivity contribution is 6.39. The van der Waals surface area contributed by atoms with Crippen molar-refractivity contribution in [3.63, 3.8) is 0 Å². The molecule has 9 heteroatoms. The van der Waals surface area contributed by atoms with Crippen LogP contribution in [-0.4, -0.2) is 45.1 Å². The number of para-hydroxylation sites is 1. The maximum Gasteiger partial charge on any atom is 0.254 e. The number of benzene rings is 1. The Morgan fingerprint density at radius 3 is 2.47 bits per heavy atom. The van der Waals surface area contributed by atoms with Crippen molar-refractivity contribution in [3.8, 4) is 0 Å². The molecule has 1 aromatic carbocycles. The first kappa shape index (κ1) is 22.1. The molecule has 0 aliphatic carbocycles. The van der Waals surface area contributed by atoms with Crippen molar-refractivity contribution in [1.29, 1.82) is 0 Å². The van der Waals surface area contributed by atoms with E-state index in [2.05, 4.69) is 15.4 Å². The van der Waals surface area contributed by atoms with E-state index >= 15 is 0 Å². The van der Waals surface area contributed by atoms with Gasteiger partial charge in [-0.25, -0.2) is 4.98 Å². The SMILES string of the molecule is Cc1nn(C)c2nc(C(C)C)cc(C(=O)N(C)CC(=O)Nc3c(Cl)cccc3Cl)c12. The number of fused-ring (bicyclic) bond motifs is 1. The Labute approximate surface area is 185 Å². The zero-order valence-corrected chi connectivity index (χ0v) is 19.0. The summed E-state index contributed by atoms with van der Waals surface area (Å²) in [6, 6.07) is 6.73. The highest BCUT2D eigenvalue weighted by atomic mass is 35.5. The summed E-state index contributed by atoms with van der Waals surface area (Å²) in [6.45, 7) is 5.69. The van der Waals surface area contributed by atoms with Gasteiger partial charge in [-0.2, -0.15) is 5.10 Å². The molecule has 3 aromatic rings. The second-order valence-electron chi connectivity index (χ2n) is 7.46. The Balaban J connectivity index is 1.89. The molecule has 2 heterocycles. The van der Waals surface area contributed by atoms with Crippen molar-refractivity contribution >= 4 is 51.7 Å². The smallest absolute Gasteiger partial charge is 0.254 e. The predicted molar refractivity (Wildman–Crippen MR) is 119 cm³/mol. The lowest BCUT2D eigenvalue weighted by Gasteiger charge is -2.19. The fourth-order valence-corrected chi connectivity index (χ4v) is 3.71. The fraction of sp³-hybridized carbons (Fsp3) is 0.333. The van der Waals surface area contributed by atoms with E-state index in [1.165, 1.54) is 4.90 Å². The topological polar surface area (TPSA) is 80.1 Å². The zero-order valence-electron chi connectivity index (χ0n) is 17.5. The van der Waals surface area contributed by atoms with Gasteiger partial charge >= 0.3 is 0 Å². The number of carbonyl (C=O) groups is 2. The molecule has 0 fully saturated rings. The number of anilines is 1. The monoisotopic (exact) mass is 447 g/mol. The second-order valence-corrected chi connectivity index (χ2v) is 8.28. The molecule has 0 radical (unpaired) electrons. The van der Waals surface area contributed by atoms with Crippen molar-refractivity contribution < 1.29 is 9.59 Å². The number of hydrogen-bond acceptors (Lipinski definition) is 4. The van der Waals surface area contributed by atoms with Crippen LogP contribution in [0.25, 0.3) is 11.0 Å². The molecule has 0 aliphatic heterocycles. The summed E-state index contributed by atoms with van der Waals surface area (Å²) in [5, 5.41) is 8.42. The van der Waals surface area contributed by atoms with Gasteiger partial charge in [0.25, 0.3) is 5.91 Å². The van der Waals surface area contributed by atoms with E-state index in [1.807, 2.05) is 20.8 Å². The minimum atomic E-state index is -0.404. The van der Waals surface area contributed by atoms with E-state index in [9.17, 15) is 9.59 Å². The van der Waals surface area contributed by atoms with Crippen LogP contribution >= 0.6 is 23.2 Å². The van der Waals surface area contributed by atoms with Gasteiger partial charge in [0.2, 0.25) is 5.91 Å². The molecule has 158 valence electrons. The number of nitrogens with one attached hydrogen (secondary N) is 1. The van der Waals surface area contributed by atoms with E-state index in [1.54, 1.807) is 43.0 Å². The molecule has 7 nitrogen and oxygen atoms in total. The summed E-state index contributed by atoms with van der Waals surface area (Å²) in [7, 11) is 3.37. The molecule has 0 aliphatic rings. The van der Waals surface area contributed by atoms with Crippen LogP contribution in [-0.2, 0) is 11.8 Å². The molecule has 0 saturated heterocycles. The third-order valence-electron chi connectivity index (χ3n) is 4.77. The normalized spacial score (nSPS) is 11.2. The minimum Gasteiger partial charge on any atom is -0.332 e. The molecule has 2 aromatic heterocycles. The highest BCUT2D eigenvalue weighted by Gasteiger charge is 2.23. The first-order chi connectivity index (χ1) is 14.1. The van der Waals surface area contributed by atoms with Gasteiger partial charge in [-0.15, -0.1) is 0 Å². The van der Waals surface area contributed by atoms with E-state index < -0.39 is 5.91 Å². The standard InChI is InChI=1S/C21H23Cl2N5O2/c1-11(2)16-9-13(18-12(3)26-28(5)20(18)24-16)21(30)27(4)10-17(29)25-19-14(22)7-6-8-15(19)23/h6-9,11H,10H2,1-5H3,(H,25,29). The van der Waals surface area contributed by atoms with Crippen molar-refractivity contribution in [3.05, 3.63) is 51.3 Å². The average Bonchev–Trinajstić information content (AvgIpc) is 2.97. The van der Waals surface area contributed by atoms with Crippen LogP contribution in [0.5, 0.6) is 0 Å². The number of aromatic nitrogens is 3. The third kappa shape index (κ3) is 4.27. The van der Waals surface area contributed by atoms with Crippen LogP contribution in [0, 0.1) is 6.92 Å². The van der Waals surface area contributed by atoms with Gasteiger partial charge in [0.05, 0.1) is 38.9 Å². The number of likely N-dealkylation sites (N-methyl/N-ethyl adjacent to an activating group) is 1. The Morgan fingerprint density at radius 1 is 1.23 bits per heavy atom. The van der Waals surface area contributed by atoms with E-state index in [4.69, 9.17) is 23.2 Å². The van der Waals surface area contributed by atoms with E-state index in [0.717, 1.165) is 5.69 Å². The molecule has 30 heavy (non-hydrogen) atoms. The fourth-order valence-electron chi connectivity index (χ4n) is 3.22. The number of nitrogens with zero attached hydrogens (tertiary/aromatic N) is 4. The van der Waals surface area contributed by atoms with Crippen LogP contribution in [0.2, 0.25) is 10.0 Å². The lowest BCUT2D eigenvalue weighted by molar-refractivity contribution is -0.116. The molecule has 0 spiro atoms. The van der Waals surface area contributed by atoms with Gasteiger partial charge < -0.3 is 10.2 Å². The van der Waals surface area contributed by atoms with E-state index in [0.29, 0.717) is 38.0 Å². The predicted octanol–water partition coefficient (Wildman–Crippen LogP) is 4.42. The van der Waals surface area contributed by atoms with Crippen molar-refractivity contribution in [2.75, 3.05) is 18.9 Å². The van der Waals surface area contributed by atoms with Crippen molar-refractivity contribution in [2.45, 2.75) is 26.7 Å². The molecule has 0 bridgehead atoms. The second kappa shape index (κ2) is 8.62. The summed E-state index contributed by atoms with van der Waals surface area (Å²) in [5.74, 6) is -0.564. The summed E-state index contributed by atoms with van der Waals surface area (Å²) in [5.41, 5.74) is 2.93. The number of pyridine rings is 1. The molecular weight excluding hydrogens is 425 g/mol. The van der Waals surface area contributed by atoms with Crippen molar-refractivity contribution in [2.24, 2.45) is 7.05 Å². The first-order valence-electron chi connectivity index (χ1n) is 9.43. The maximum atomic E-state index is 13.2.